The Hall–Kier alpha value is -3.48. The van der Waals surface area contributed by atoms with Gasteiger partial charge >= 0.3 is 0 Å². The molecule has 0 radical (unpaired) electrons. The Labute approximate surface area is 162 Å². The summed E-state index contributed by atoms with van der Waals surface area (Å²) in [6.07, 6.45) is 12.1. The van der Waals surface area contributed by atoms with Crippen molar-refractivity contribution in [3.05, 3.63) is 66.9 Å². The van der Waals surface area contributed by atoms with E-state index in [0.717, 1.165) is 30.5 Å². The summed E-state index contributed by atoms with van der Waals surface area (Å²) < 4.78 is 3.76. The van der Waals surface area contributed by atoms with Crippen LogP contribution in [0.3, 0.4) is 0 Å². The highest BCUT2D eigenvalue weighted by Crippen LogP contribution is 2.28. The van der Waals surface area contributed by atoms with Crippen molar-refractivity contribution < 1.29 is 4.79 Å². The molecule has 3 aromatic heterocycles. The van der Waals surface area contributed by atoms with Gasteiger partial charge in [0.1, 0.15) is 5.82 Å². The maximum Gasteiger partial charge on any atom is 0.228 e. The summed E-state index contributed by atoms with van der Waals surface area (Å²) in [5, 5.41) is 7.45. The van der Waals surface area contributed by atoms with Crippen LogP contribution in [0.4, 0.5) is 5.82 Å². The number of nitrogens with one attached hydrogen (secondary N) is 1. The Balaban J connectivity index is 1.40. The summed E-state index contributed by atoms with van der Waals surface area (Å²) in [6, 6.07) is 10.2. The van der Waals surface area contributed by atoms with Crippen molar-refractivity contribution in [2.45, 2.75) is 25.8 Å². The molecule has 1 fully saturated rings. The van der Waals surface area contributed by atoms with E-state index in [-0.39, 0.29) is 11.8 Å². The maximum atomic E-state index is 12.3. The van der Waals surface area contributed by atoms with Crippen molar-refractivity contribution in [2.24, 2.45) is 5.92 Å². The normalized spacial score (nSPS) is 14.1. The number of fused-ring (bicyclic) bond motifs is 1. The van der Waals surface area contributed by atoms with Crippen LogP contribution in [0.5, 0.6) is 0 Å². The third-order valence-corrected chi connectivity index (χ3v) is 5.24. The van der Waals surface area contributed by atoms with Crippen LogP contribution in [-0.4, -0.2) is 30.1 Å². The van der Waals surface area contributed by atoms with Crippen LogP contribution in [0.15, 0.2) is 61.3 Å². The van der Waals surface area contributed by atoms with E-state index in [1.54, 1.807) is 18.6 Å². The lowest BCUT2D eigenvalue weighted by molar-refractivity contribution is -0.122. The molecule has 0 bridgehead atoms. The lowest BCUT2D eigenvalue weighted by Gasteiger charge is -2.23. The Bertz CT molecular complexity index is 1130. The number of anilines is 1. The number of aromatic nitrogens is 5. The van der Waals surface area contributed by atoms with Crippen molar-refractivity contribution in [2.75, 3.05) is 5.32 Å². The smallest absolute Gasteiger partial charge is 0.228 e. The second kappa shape index (κ2) is 6.92. The number of imidazole rings is 1. The Morgan fingerprint density at radius 1 is 1.07 bits per heavy atom. The quantitative estimate of drug-likeness (QED) is 0.583. The number of hydrogen-bond donors (Lipinski definition) is 1. The largest absolute Gasteiger partial charge is 0.310 e. The van der Waals surface area contributed by atoms with Gasteiger partial charge in [-0.25, -0.2) is 4.98 Å². The summed E-state index contributed by atoms with van der Waals surface area (Å²) >= 11 is 0. The number of benzene rings is 1. The molecule has 0 atom stereocenters. The highest BCUT2D eigenvalue weighted by Gasteiger charge is 2.25. The Kier molecular flexibility index (Phi) is 4.12. The molecule has 3 heterocycles. The van der Waals surface area contributed by atoms with Gasteiger partial charge in [0.15, 0.2) is 5.65 Å². The van der Waals surface area contributed by atoms with Crippen LogP contribution < -0.4 is 5.32 Å². The lowest BCUT2D eigenvalue weighted by atomic mass is 9.85. The van der Waals surface area contributed by atoms with Gasteiger partial charge in [-0.15, -0.1) is 0 Å². The SMILES string of the molecule is O=C(Nc1cnc2cnc(-c3cnn(Cc4ccccc4)c3)cn12)C1CCC1. The van der Waals surface area contributed by atoms with Crippen LogP contribution >= 0.6 is 0 Å². The number of hydrogen-bond acceptors (Lipinski definition) is 4. The van der Waals surface area contributed by atoms with Gasteiger partial charge in [0, 0.05) is 23.9 Å². The molecule has 0 spiro atoms. The molecule has 7 nitrogen and oxygen atoms in total. The zero-order valence-electron chi connectivity index (χ0n) is 15.3. The first-order valence-corrected chi connectivity index (χ1v) is 9.47. The minimum absolute atomic E-state index is 0.0714. The molecular weight excluding hydrogens is 352 g/mol. The first kappa shape index (κ1) is 16.7. The fourth-order valence-electron chi connectivity index (χ4n) is 3.38. The Morgan fingerprint density at radius 2 is 1.93 bits per heavy atom. The third kappa shape index (κ3) is 3.15. The van der Waals surface area contributed by atoms with E-state index in [9.17, 15) is 4.79 Å². The lowest BCUT2D eigenvalue weighted by Crippen LogP contribution is -2.28. The van der Waals surface area contributed by atoms with E-state index in [2.05, 4.69) is 32.5 Å². The van der Waals surface area contributed by atoms with Gasteiger partial charge in [0.2, 0.25) is 5.91 Å². The molecule has 4 aromatic rings. The van der Waals surface area contributed by atoms with E-state index in [1.165, 1.54) is 5.56 Å². The molecule has 1 aromatic carbocycles. The number of carbonyl (C=O) groups excluding carboxylic acids is 1. The standard InChI is InChI=1S/C21H20N6O/c28-21(16-7-4-8-16)25-20-11-23-19-10-22-18(14-27(19)20)17-9-24-26(13-17)12-15-5-2-1-3-6-15/h1-3,5-6,9-11,13-14,16H,4,7-8,12H2,(H,25,28). The number of nitrogens with zero attached hydrogens (tertiary/aromatic N) is 5. The fraction of sp³-hybridized carbons (Fsp3) is 0.238. The minimum Gasteiger partial charge on any atom is -0.310 e. The fourth-order valence-corrected chi connectivity index (χ4v) is 3.38. The Morgan fingerprint density at radius 3 is 2.71 bits per heavy atom. The van der Waals surface area contributed by atoms with Crippen molar-refractivity contribution in [3.8, 4) is 11.3 Å². The van der Waals surface area contributed by atoms with E-state index in [1.807, 2.05) is 39.7 Å². The van der Waals surface area contributed by atoms with Crippen LogP contribution in [0, 0.1) is 5.92 Å². The second-order valence-electron chi connectivity index (χ2n) is 7.17. The van der Waals surface area contributed by atoms with E-state index < -0.39 is 0 Å². The molecule has 28 heavy (non-hydrogen) atoms. The van der Waals surface area contributed by atoms with Gasteiger partial charge < -0.3 is 5.32 Å². The molecule has 1 aliphatic carbocycles. The molecule has 1 saturated carbocycles. The van der Waals surface area contributed by atoms with Gasteiger partial charge in [-0.1, -0.05) is 36.8 Å². The molecule has 0 aliphatic heterocycles. The van der Waals surface area contributed by atoms with Crippen LogP contribution in [0.25, 0.3) is 16.9 Å². The van der Waals surface area contributed by atoms with E-state index >= 15 is 0 Å². The first-order valence-electron chi connectivity index (χ1n) is 9.47. The van der Waals surface area contributed by atoms with Crippen molar-refractivity contribution in [1.82, 2.24) is 24.1 Å². The zero-order chi connectivity index (χ0) is 18.9. The van der Waals surface area contributed by atoms with Crippen LogP contribution in [0.1, 0.15) is 24.8 Å². The van der Waals surface area contributed by atoms with Gasteiger partial charge in [-0.3, -0.25) is 18.9 Å². The topological polar surface area (TPSA) is 77.1 Å². The van der Waals surface area contributed by atoms with E-state index in [0.29, 0.717) is 18.0 Å². The number of amides is 1. The molecule has 140 valence electrons. The third-order valence-electron chi connectivity index (χ3n) is 5.24. The molecule has 7 heteroatoms. The van der Waals surface area contributed by atoms with Gasteiger partial charge in [-0.05, 0) is 18.4 Å². The number of rotatable bonds is 5. The van der Waals surface area contributed by atoms with Crippen LogP contribution in [0.2, 0.25) is 0 Å². The predicted octanol–water partition coefficient (Wildman–Crippen LogP) is 3.38. The monoisotopic (exact) mass is 372 g/mol. The average molecular weight is 372 g/mol. The summed E-state index contributed by atoms with van der Waals surface area (Å²) in [5.74, 6) is 0.873. The highest BCUT2D eigenvalue weighted by molar-refractivity contribution is 5.92. The molecule has 5 rings (SSSR count). The van der Waals surface area contributed by atoms with Crippen LogP contribution in [-0.2, 0) is 11.3 Å². The molecule has 0 unspecified atom stereocenters. The summed E-state index contributed by atoms with van der Waals surface area (Å²) in [7, 11) is 0. The first-order chi connectivity index (χ1) is 13.8. The summed E-state index contributed by atoms with van der Waals surface area (Å²) in [5.41, 5.74) is 3.59. The predicted molar refractivity (Wildman–Crippen MR) is 106 cm³/mol. The zero-order valence-corrected chi connectivity index (χ0v) is 15.3. The molecule has 1 N–H and O–H groups in total. The highest BCUT2D eigenvalue weighted by atomic mass is 16.2. The molecule has 1 aliphatic rings. The van der Waals surface area contributed by atoms with E-state index in [4.69, 9.17) is 0 Å². The summed E-state index contributed by atoms with van der Waals surface area (Å²) in [4.78, 5) is 21.1. The molecular formula is C21H20N6O. The molecule has 0 saturated heterocycles. The second-order valence-corrected chi connectivity index (χ2v) is 7.17. The van der Waals surface area contributed by atoms with Crippen molar-refractivity contribution >= 4 is 17.4 Å². The van der Waals surface area contributed by atoms with Crippen molar-refractivity contribution in [3.63, 3.8) is 0 Å². The van der Waals surface area contributed by atoms with Gasteiger partial charge in [0.05, 0.1) is 30.8 Å². The van der Waals surface area contributed by atoms with Gasteiger partial charge in [-0.2, -0.15) is 5.10 Å². The molecule has 1 amide bonds. The summed E-state index contributed by atoms with van der Waals surface area (Å²) in [6.45, 7) is 0.705. The minimum atomic E-state index is 0.0714. The average Bonchev–Trinajstić information content (AvgIpc) is 3.28. The maximum absolute atomic E-state index is 12.3. The van der Waals surface area contributed by atoms with Gasteiger partial charge in [0.25, 0.3) is 0 Å². The number of carbonyl (C=O) groups is 1. The van der Waals surface area contributed by atoms with Crippen molar-refractivity contribution in [1.29, 1.82) is 0 Å².